The van der Waals surface area contributed by atoms with Crippen molar-refractivity contribution in [2.45, 2.75) is 102 Å². The standard InChI is InChI=1S/C34H41F5N4O5/c1-15(32(2)6-7-32)41-30(46)25-19-4-5-20(21(19)8-16-12-33(35,36)13-16)27(25)42-29(45)23-10-18(14-40-31(23)47-3)26-22-9-17(11-24(22)48-43-26)28(44)34(37,38)39/h8,10,14-17,19-20,22,24-25,27-28,44H,4-7,9,11-13H2,1-3H3,(H,41,46)(H,42,45)/b21-8-/t15-,17?,19+,20-,22?,24?,25+,27-,28?/m1/s1. The number of fused-ring (bicyclic) bond motifs is 3. The van der Waals surface area contributed by atoms with Gasteiger partial charge in [-0.05, 0) is 74.7 Å². The highest BCUT2D eigenvalue weighted by atomic mass is 19.4. The van der Waals surface area contributed by atoms with Crippen molar-refractivity contribution in [2.24, 2.45) is 46.1 Å². The zero-order valence-corrected chi connectivity index (χ0v) is 27.0. The van der Waals surface area contributed by atoms with Crippen LogP contribution in [-0.4, -0.2) is 71.1 Å². The zero-order chi connectivity index (χ0) is 34.3. The molecular formula is C34H41F5N4O5. The van der Waals surface area contributed by atoms with E-state index in [-0.39, 0.29) is 72.2 Å². The van der Waals surface area contributed by atoms with Gasteiger partial charge in [-0.3, -0.25) is 9.59 Å². The third-order valence-electron chi connectivity index (χ3n) is 12.0. The Morgan fingerprint density at radius 1 is 1.15 bits per heavy atom. The number of hydrogen-bond donors (Lipinski definition) is 3. The molecule has 9 nitrogen and oxygen atoms in total. The van der Waals surface area contributed by atoms with Crippen LogP contribution in [0.4, 0.5) is 22.0 Å². The highest BCUT2D eigenvalue weighted by molar-refractivity contribution is 6.06. The van der Waals surface area contributed by atoms with E-state index >= 15 is 0 Å². The van der Waals surface area contributed by atoms with Gasteiger partial charge in [0.1, 0.15) is 11.7 Å². The molecular weight excluding hydrogens is 639 g/mol. The second kappa shape index (κ2) is 11.7. The first-order chi connectivity index (χ1) is 22.6. The molecule has 2 heterocycles. The number of aromatic nitrogens is 1. The Hall–Kier alpha value is -3.29. The zero-order valence-electron chi connectivity index (χ0n) is 27.0. The van der Waals surface area contributed by atoms with Crippen molar-refractivity contribution >= 4 is 17.5 Å². The van der Waals surface area contributed by atoms with Gasteiger partial charge in [-0.15, -0.1) is 0 Å². The fourth-order valence-corrected chi connectivity index (χ4v) is 8.81. The molecule has 1 aromatic rings. The fourth-order valence-electron chi connectivity index (χ4n) is 8.81. The van der Waals surface area contributed by atoms with Crippen LogP contribution in [0.15, 0.2) is 29.1 Å². The SMILES string of the molecule is COc1ncc(C2=NOC3CC(C(O)C(F)(F)F)CC23)cc1C(=O)N[C@H]1[C@@H](C(=O)N[C@H](C)C2(C)CC2)[C@H]2CC[C@@H]1/C2=C\C1CC(F)(F)C1. The predicted octanol–water partition coefficient (Wildman–Crippen LogP) is 5.17. The minimum atomic E-state index is -4.76. The van der Waals surface area contributed by atoms with E-state index < -0.39 is 54.0 Å². The molecule has 7 rings (SSSR count). The molecule has 262 valence electrons. The summed E-state index contributed by atoms with van der Waals surface area (Å²) in [6.07, 6.45) is -1.56. The third-order valence-corrected chi connectivity index (χ3v) is 12.0. The summed E-state index contributed by atoms with van der Waals surface area (Å²) in [5.41, 5.74) is 1.75. The molecule has 6 aliphatic rings. The average Bonchev–Trinajstić information content (AvgIpc) is 3.32. The smallest absolute Gasteiger partial charge is 0.414 e. The Balaban J connectivity index is 1.13. The van der Waals surface area contributed by atoms with Crippen molar-refractivity contribution < 1.29 is 46.2 Å². The molecule has 0 saturated heterocycles. The number of pyridine rings is 1. The molecule has 5 saturated carbocycles. The van der Waals surface area contributed by atoms with Crippen LogP contribution in [0.25, 0.3) is 0 Å². The number of nitrogens with zero attached hydrogens (tertiary/aromatic N) is 2. The van der Waals surface area contributed by atoms with Crippen molar-refractivity contribution in [1.82, 2.24) is 15.6 Å². The minimum absolute atomic E-state index is 0.000817. The Morgan fingerprint density at radius 3 is 2.50 bits per heavy atom. The van der Waals surface area contributed by atoms with Gasteiger partial charge >= 0.3 is 6.18 Å². The number of carbonyl (C=O) groups is 2. The summed E-state index contributed by atoms with van der Waals surface area (Å²) in [5, 5.41) is 20.2. The van der Waals surface area contributed by atoms with E-state index in [2.05, 4.69) is 27.7 Å². The third kappa shape index (κ3) is 5.85. The van der Waals surface area contributed by atoms with Gasteiger partial charge in [0, 0.05) is 48.5 Å². The number of aliphatic hydroxyl groups excluding tert-OH is 1. The summed E-state index contributed by atoms with van der Waals surface area (Å²) < 4.78 is 72.5. The van der Waals surface area contributed by atoms with Crippen molar-refractivity contribution in [3.63, 3.8) is 0 Å². The summed E-state index contributed by atoms with van der Waals surface area (Å²) in [4.78, 5) is 37.7. The van der Waals surface area contributed by atoms with E-state index in [9.17, 15) is 36.6 Å². The molecule has 5 fully saturated rings. The Morgan fingerprint density at radius 2 is 1.85 bits per heavy atom. The summed E-state index contributed by atoms with van der Waals surface area (Å²) in [7, 11) is 1.36. The lowest BCUT2D eigenvalue weighted by molar-refractivity contribution is -0.219. The molecule has 0 radical (unpaired) electrons. The van der Waals surface area contributed by atoms with Crippen molar-refractivity contribution in [3.8, 4) is 5.88 Å². The van der Waals surface area contributed by atoms with Crippen LogP contribution in [0.5, 0.6) is 5.88 Å². The van der Waals surface area contributed by atoms with Crippen LogP contribution in [0.1, 0.15) is 81.1 Å². The number of amides is 2. The van der Waals surface area contributed by atoms with E-state index in [1.54, 1.807) is 0 Å². The topological polar surface area (TPSA) is 122 Å². The molecule has 14 heteroatoms. The summed E-state index contributed by atoms with van der Waals surface area (Å²) in [5.74, 6) is -6.21. The Bertz CT molecular complexity index is 1540. The van der Waals surface area contributed by atoms with Gasteiger partial charge < -0.3 is 25.3 Å². The summed E-state index contributed by atoms with van der Waals surface area (Å²) in [6.45, 7) is 4.11. The van der Waals surface area contributed by atoms with Crippen LogP contribution in [0.3, 0.4) is 0 Å². The highest BCUT2D eigenvalue weighted by Crippen LogP contribution is 2.56. The average molecular weight is 681 g/mol. The quantitative estimate of drug-likeness (QED) is 0.245. The van der Waals surface area contributed by atoms with Crippen LogP contribution in [0.2, 0.25) is 0 Å². The van der Waals surface area contributed by atoms with Gasteiger partial charge in [0.05, 0.1) is 18.7 Å². The lowest BCUT2D eigenvalue weighted by Gasteiger charge is -2.33. The number of methoxy groups -OCH3 is 1. The minimum Gasteiger partial charge on any atom is -0.480 e. The molecule has 9 atom stereocenters. The first-order valence-electron chi connectivity index (χ1n) is 16.8. The molecule has 4 unspecified atom stereocenters. The molecule has 48 heavy (non-hydrogen) atoms. The maximum Gasteiger partial charge on any atom is 0.414 e. The number of carbonyl (C=O) groups excluding carboxylic acids is 2. The van der Waals surface area contributed by atoms with Gasteiger partial charge in [-0.1, -0.05) is 23.7 Å². The van der Waals surface area contributed by atoms with Gasteiger partial charge in [-0.2, -0.15) is 13.2 Å². The summed E-state index contributed by atoms with van der Waals surface area (Å²) >= 11 is 0. The van der Waals surface area contributed by atoms with Crippen LogP contribution in [-0.2, 0) is 9.63 Å². The molecule has 0 aromatic carbocycles. The van der Waals surface area contributed by atoms with E-state index in [1.165, 1.54) is 19.4 Å². The lowest BCUT2D eigenvalue weighted by Crippen LogP contribution is -2.52. The van der Waals surface area contributed by atoms with Crippen LogP contribution >= 0.6 is 0 Å². The molecule has 1 aromatic heterocycles. The Labute approximate surface area is 275 Å². The van der Waals surface area contributed by atoms with E-state index in [0.29, 0.717) is 17.7 Å². The fraction of sp³-hybridized carbons (Fsp3) is 0.706. The Kier molecular flexibility index (Phi) is 8.07. The molecule has 2 amide bonds. The number of oxime groups is 1. The van der Waals surface area contributed by atoms with Gasteiger partial charge in [-0.25, -0.2) is 13.8 Å². The predicted molar refractivity (Wildman–Crippen MR) is 162 cm³/mol. The maximum absolute atomic E-state index is 14.0. The normalized spacial score (nSPS) is 34.9. The molecule has 3 N–H and O–H groups in total. The van der Waals surface area contributed by atoms with Gasteiger partial charge in [0.15, 0.2) is 6.10 Å². The van der Waals surface area contributed by atoms with Crippen LogP contribution < -0.4 is 15.4 Å². The molecule has 5 aliphatic carbocycles. The first kappa shape index (κ1) is 33.2. The van der Waals surface area contributed by atoms with E-state index in [0.717, 1.165) is 24.8 Å². The molecule has 1 aliphatic heterocycles. The number of nitrogens with one attached hydrogen (secondary N) is 2. The highest BCUT2D eigenvalue weighted by Gasteiger charge is 2.57. The number of rotatable bonds is 9. The number of alkyl halides is 5. The largest absolute Gasteiger partial charge is 0.480 e. The van der Waals surface area contributed by atoms with Crippen molar-refractivity contribution in [3.05, 3.63) is 35.0 Å². The molecule has 0 spiro atoms. The van der Waals surface area contributed by atoms with E-state index in [4.69, 9.17) is 9.57 Å². The van der Waals surface area contributed by atoms with Gasteiger partial charge in [0.2, 0.25) is 17.7 Å². The van der Waals surface area contributed by atoms with Crippen molar-refractivity contribution in [1.29, 1.82) is 0 Å². The number of halogens is 5. The second-order valence-electron chi connectivity index (χ2n) is 15.1. The van der Waals surface area contributed by atoms with E-state index in [1.807, 2.05) is 13.0 Å². The van der Waals surface area contributed by atoms with Crippen LogP contribution in [0, 0.1) is 40.9 Å². The number of hydrogen-bond acceptors (Lipinski definition) is 7. The number of aliphatic hydroxyl groups is 1. The summed E-state index contributed by atoms with van der Waals surface area (Å²) in [6, 6.07) is 0.849. The first-order valence-corrected chi connectivity index (χ1v) is 16.8. The molecule has 2 bridgehead atoms. The second-order valence-corrected chi connectivity index (χ2v) is 15.1. The number of ether oxygens (including phenoxy) is 1. The maximum atomic E-state index is 14.0. The van der Waals surface area contributed by atoms with Gasteiger partial charge in [0.25, 0.3) is 5.91 Å². The lowest BCUT2D eigenvalue weighted by atomic mass is 9.79. The number of allylic oxidation sites excluding steroid dienone is 1. The van der Waals surface area contributed by atoms with Crippen molar-refractivity contribution in [2.75, 3.05) is 7.11 Å². The monoisotopic (exact) mass is 680 g/mol.